The maximum atomic E-state index is 11.7. The summed E-state index contributed by atoms with van der Waals surface area (Å²) in [5.41, 5.74) is 3.72. The molecule has 0 bridgehead atoms. The quantitative estimate of drug-likeness (QED) is 0.255. The topological polar surface area (TPSA) is 68.7 Å². The second kappa shape index (κ2) is 18.7. The van der Waals surface area contributed by atoms with Gasteiger partial charge in [0.1, 0.15) is 5.75 Å². The molecule has 240 valence electrons. The number of aliphatic hydroxyl groups is 1. The Balaban J connectivity index is 0.000000259. The van der Waals surface area contributed by atoms with Crippen molar-refractivity contribution in [2.75, 3.05) is 80.2 Å². The standard InChI is InChI=1S/C21H27ClN2O2.C14H22N2O2/c22-20-8-6-19(7-9-20)21(18-4-2-1-3-5-18)24-12-10-23(11-13-24)14-16-26-17-15-25;1-6-16(5)14(17)18-13-9-7-8-12(10-13)11(2)15(3)4/h1-9,21,25H,10-17H2;7-11H,6H2,1-5H3/t;11-/m.0/s1. The number of amides is 1. The molecule has 0 aromatic heterocycles. The van der Waals surface area contributed by atoms with Crippen molar-refractivity contribution in [3.8, 4) is 5.75 Å². The number of carbonyl (C=O) groups is 1. The number of rotatable bonds is 12. The second-order valence-electron chi connectivity index (χ2n) is 11.2. The fourth-order valence-corrected chi connectivity index (χ4v) is 5.07. The predicted molar refractivity (Wildman–Crippen MR) is 179 cm³/mol. The Kier molecular flexibility index (Phi) is 15.1. The van der Waals surface area contributed by atoms with Crippen molar-refractivity contribution in [3.05, 3.63) is 101 Å². The molecule has 44 heavy (non-hydrogen) atoms. The number of aliphatic hydroxyl groups excluding tert-OH is 1. The van der Waals surface area contributed by atoms with Crippen LogP contribution in [0.25, 0.3) is 0 Å². The van der Waals surface area contributed by atoms with Gasteiger partial charge in [-0.05, 0) is 68.9 Å². The van der Waals surface area contributed by atoms with Crippen LogP contribution in [-0.4, -0.2) is 111 Å². The highest BCUT2D eigenvalue weighted by Crippen LogP contribution is 2.30. The van der Waals surface area contributed by atoms with E-state index >= 15 is 0 Å². The number of hydrogen-bond donors (Lipinski definition) is 1. The van der Waals surface area contributed by atoms with E-state index in [1.807, 2.05) is 51.4 Å². The van der Waals surface area contributed by atoms with Crippen LogP contribution in [0.4, 0.5) is 4.79 Å². The molecule has 0 saturated carbocycles. The van der Waals surface area contributed by atoms with Crippen LogP contribution in [0, 0.1) is 0 Å². The first-order chi connectivity index (χ1) is 21.2. The summed E-state index contributed by atoms with van der Waals surface area (Å²) in [4.78, 5) is 20.3. The molecule has 9 heteroatoms. The number of carbonyl (C=O) groups excluding carboxylic acids is 1. The lowest BCUT2D eigenvalue weighted by Crippen LogP contribution is -2.48. The summed E-state index contributed by atoms with van der Waals surface area (Å²) in [6.45, 7) is 10.9. The molecule has 0 aliphatic carbocycles. The number of ether oxygens (including phenoxy) is 2. The van der Waals surface area contributed by atoms with E-state index in [0.29, 0.717) is 25.5 Å². The van der Waals surface area contributed by atoms with Crippen molar-refractivity contribution in [1.29, 1.82) is 0 Å². The van der Waals surface area contributed by atoms with Gasteiger partial charge in [-0.15, -0.1) is 0 Å². The number of hydrogen-bond acceptors (Lipinski definition) is 7. The molecule has 3 aromatic rings. The summed E-state index contributed by atoms with van der Waals surface area (Å²) in [5, 5.41) is 9.55. The van der Waals surface area contributed by atoms with Gasteiger partial charge in [0.25, 0.3) is 0 Å². The van der Waals surface area contributed by atoms with Gasteiger partial charge in [-0.2, -0.15) is 0 Å². The van der Waals surface area contributed by atoms with E-state index in [2.05, 4.69) is 64.1 Å². The van der Waals surface area contributed by atoms with Crippen LogP contribution in [0.3, 0.4) is 0 Å². The Morgan fingerprint density at radius 3 is 2.14 bits per heavy atom. The van der Waals surface area contributed by atoms with Crippen LogP contribution in [0.15, 0.2) is 78.9 Å². The summed E-state index contributed by atoms with van der Waals surface area (Å²) in [5.74, 6) is 0.589. The van der Waals surface area contributed by atoms with Crippen molar-refractivity contribution in [2.24, 2.45) is 0 Å². The highest BCUT2D eigenvalue weighted by Gasteiger charge is 2.26. The first-order valence-electron chi connectivity index (χ1n) is 15.4. The molecular formula is C35H49ClN4O4. The van der Waals surface area contributed by atoms with Crippen LogP contribution >= 0.6 is 11.6 Å². The third-order valence-corrected chi connectivity index (χ3v) is 8.22. The first-order valence-corrected chi connectivity index (χ1v) is 15.8. The molecule has 1 aliphatic rings. The zero-order chi connectivity index (χ0) is 31.9. The summed E-state index contributed by atoms with van der Waals surface area (Å²) in [6.07, 6.45) is -0.327. The molecule has 1 aliphatic heterocycles. The van der Waals surface area contributed by atoms with Crippen molar-refractivity contribution < 1.29 is 19.4 Å². The van der Waals surface area contributed by atoms with E-state index in [1.54, 1.807) is 13.1 Å². The van der Waals surface area contributed by atoms with Crippen molar-refractivity contribution >= 4 is 17.7 Å². The minimum absolute atomic E-state index is 0.0909. The monoisotopic (exact) mass is 624 g/mol. The molecule has 1 heterocycles. The van der Waals surface area contributed by atoms with E-state index in [0.717, 1.165) is 43.3 Å². The third kappa shape index (κ3) is 11.2. The van der Waals surface area contributed by atoms with Gasteiger partial charge in [-0.1, -0.05) is 66.2 Å². The molecule has 4 rings (SSSR count). The van der Waals surface area contributed by atoms with E-state index in [9.17, 15) is 4.79 Å². The predicted octanol–water partition coefficient (Wildman–Crippen LogP) is 5.82. The zero-order valence-corrected chi connectivity index (χ0v) is 27.6. The molecule has 0 radical (unpaired) electrons. The summed E-state index contributed by atoms with van der Waals surface area (Å²) in [6, 6.07) is 27.1. The van der Waals surface area contributed by atoms with Gasteiger partial charge in [0, 0.05) is 57.4 Å². The fraction of sp³-hybridized carbons (Fsp3) is 0.457. The average Bonchev–Trinajstić information content (AvgIpc) is 3.05. The Hall–Kier alpha value is -2.98. The van der Waals surface area contributed by atoms with Gasteiger partial charge < -0.3 is 24.4 Å². The zero-order valence-electron chi connectivity index (χ0n) is 26.9. The molecule has 1 saturated heterocycles. The number of halogens is 1. The fourth-order valence-electron chi connectivity index (χ4n) is 4.94. The lowest BCUT2D eigenvalue weighted by Gasteiger charge is -2.39. The van der Waals surface area contributed by atoms with Gasteiger partial charge in [-0.3, -0.25) is 9.80 Å². The van der Waals surface area contributed by atoms with Gasteiger partial charge in [0.2, 0.25) is 0 Å². The second-order valence-corrected chi connectivity index (χ2v) is 11.6. The molecule has 1 fully saturated rings. The maximum absolute atomic E-state index is 11.7. The minimum atomic E-state index is -0.327. The van der Waals surface area contributed by atoms with Crippen molar-refractivity contribution in [1.82, 2.24) is 19.6 Å². The number of benzene rings is 3. The molecule has 1 N–H and O–H groups in total. The largest absolute Gasteiger partial charge is 0.414 e. The Morgan fingerprint density at radius 1 is 0.886 bits per heavy atom. The Labute approximate surface area is 268 Å². The molecule has 3 aromatic carbocycles. The van der Waals surface area contributed by atoms with E-state index in [-0.39, 0.29) is 24.8 Å². The molecule has 8 nitrogen and oxygen atoms in total. The summed E-state index contributed by atoms with van der Waals surface area (Å²) in [7, 11) is 5.76. The number of nitrogens with zero attached hydrogens (tertiary/aromatic N) is 4. The molecule has 0 spiro atoms. The van der Waals surface area contributed by atoms with Crippen LogP contribution in [0.1, 0.15) is 42.6 Å². The Morgan fingerprint density at radius 2 is 1.52 bits per heavy atom. The summed E-state index contributed by atoms with van der Waals surface area (Å²) >= 11 is 6.09. The van der Waals surface area contributed by atoms with Crippen molar-refractivity contribution in [2.45, 2.75) is 25.9 Å². The van der Waals surface area contributed by atoms with Gasteiger partial charge in [0.15, 0.2) is 0 Å². The normalized spacial score (nSPS) is 15.3. The highest BCUT2D eigenvalue weighted by molar-refractivity contribution is 6.30. The Bertz CT molecular complexity index is 1240. The van der Waals surface area contributed by atoms with Crippen LogP contribution in [0.5, 0.6) is 5.75 Å². The van der Waals surface area contributed by atoms with Gasteiger partial charge in [-0.25, -0.2) is 4.79 Å². The molecular weight excluding hydrogens is 576 g/mol. The van der Waals surface area contributed by atoms with Crippen LogP contribution in [-0.2, 0) is 4.74 Å². The van der Waals surface area contributed by atoms with E-state index in [4.69, 9.17) is 26.2 Å². The molecule has 1 unspecified atom stereocenters. The van der Waals surface area contributed by atoms with Gasteiger partial charge in [0.05, 0.1) is 25.9 Å². The number of piperazine rings is 1. The SMILES string of the molecule is CCN(C)C(=O)Oc1cccc([C@H](C)N(C)C)c1.OCCOCCN1CCN(C(c2ccccc2)c2ccc(Cl)cc2)CC1. The lowest BCUT2D eigenvalue weighted by molar-refractivity contribution is 0.0522. The first kappa shape index (κ1) is 35.5. The maximum Gasteiger partial charge on any atom is 0.414 e. The van der Waals surface area contributed by atoms with Crippen LogP contribution in [0.2, 0.25) is 5.02 Å². The lowest BCUT2D eigenvalue weighted by atomic mass is 9.96. The summed E-state index contributed by atoms with van der Waals surface area (Å²) < 4.78 is 10.7. The highest BCUT2D eigenvalue weighted by atomic mass is 35.5. The van der Waals surface area contributed by atoms with E-state index in [1.165, 1.54) is 16.0 Å². The third-order valence-electron chi connectivity index (χ3n) is 7.97. The average molecular weight is 625 g/mol. The minimum Gasteiger partial charge on any atom is -0.410 e. The van der Waals surface area contributed by atoms with Crippen molar-refractivity contribution in [3.63, 3.8) is 0 Å². The molecule has 1 amide bonds. The van der Waals surface area contributed by atoms with E-state index < -0.39 is 0 Å². The smallest absolute Gasteiger partial charge is 0.410 e. The van der Waals surface area contributed by atoms with Gasteiger partial charge >= 0.3 is 6.09 Å². The molecule has 2 atom stereocenters. The van der Waals surface area contributed by atoms with Crippen LogP contribution < -0.4 is 4.74 Å².